The van der Waals surface area contributed by atoms with Crippen molar-refractivity contribution >= 4 is 0 Å². The Balaban J connectivity index is 3.36. The molecule has 2 nitrogen and oxygen atoms in total. The van der Waals surface area contributed by atoms with Crippen LogP contribution in [0.1, 0.15) is 0 Å². The van der Waals surface area contributed by atoms with Gasteiger partial charge in [0.15, 0.2) is 0 Å². The molecule has 0 fully saturated rings. The molecule has 0 aliphatic heterocycles. The van der Waals surface area contributed by atoms with E-state index in [4.69, 9.17) is 5.73 Å². The first kappa shape index (κ1) is 6.24. The summed E-state index contributed by atoms with van der Waals surface area (Å²) in [6.45, 7) is 7.41. The third-order valence-corrected chi connectivity index (χ3v) is 0.680. The molecule has 7 heavy (non-hydrogen) atoms. The molecule has 0 aromatic rings. The van der Waals surface area contributed by atoms with Crippen LogP contribution in [0.4, 0.5) is 0 Å². The highest BCUT2D eigenvalue weighted by molar-refractivity contribution is 4.78. The number of rotatable bonds is 3. The average molecular weight is 98.1 g/mol. The molecule has 0 rings (SSSR count). The van der Waals surface area contributed by atoms with Crippen LogP contribution < -0.4 is 5.73 Å². The minimum Gasteiger partial charge on any atom is -0.343 e. The van der Waals surface area contributed by atoms with E-state index in [0.29, 0.717) is 6.67 Å². The summed E-state index contributed by atoms with van der Waals surface area (Å²) < 4.78 is 0. The van der Waals surface area contributed by atoms with Crippen LogP contribution in [-0.4, -0.2) is 11.6 Å². The van der Waals surface area contributed by atoms with Gasteiger partial charge in [0.05, 0.1) is 6.67 Å². The van der Waals surface area contributed by atoms with Crippen LogP contribution in [0.25, 0.3) is 0 Å². The zero-order chi connectivity index (χ0) is 5.70. The zero-order valence-corrected chi connectivity index (χ0v) is 4.30. The fourth-order valence-corrected chi connectivity index (χ4v) is 0.224. The zero-order valence-electron chi connectivity index (χ0n) is 4.30. The minimum absolute atomic E-state index is 0.451. The molecule has 0 radical (unpaired) electrons. The quantitative estimate of drug-likeness (QED) is 0.520. The summed E-state index contributed by atoms with van der Waals surface area (Å²) in [7, 11) is 0. The summed E-state index contributed by atoms with van der Waals surface area (Å²) in [4.78, 5) is 1.68. The molecule has 0 atom stereocenters. The van der Waals surface area contributed by atoms with Gasteiger partial charge in [0.2, 0.25) is 0 Å². The van der Waals surface area contributed by atoms with Crippen LogP contribution in [-0.2, 0) is 0 Å². The molecule has 2 heteroatoms. The highest BCUT2D eigenvalue weighted by Crippen LogP contribution is 1.80. The van der Waals surface area contributed by atoms with E-state index < -0.39 is 0 Å². The molecular formula is C5H10N2. The smallest absolute Gasteiger partial charge is 0.0694 e. The maximum atomic E-state index is 5.18. The van der Waals surface area contributed by atoms with E-state index in [1.165, 1.54) is 0 Å². The topological polar surface area (TPSA) is 29.3 Å². The summed E-state index contributed by atoms with van der Waals surface area (Å²) in [5.74, 6) is 0. The van der Waals surface area contributed by atoms with E-state index in [2.05, 4.69) is 13.2 Å². The summed E-state index contributed by atoms with van der Waals surface area (Å²) in [6.07, 6.45) is 3.24. The first-order valence-corrected chi connectivity index (χ1v) is 2.06. The predicted molar refractivity (Wildman–Crippen MR) is 31.3 cm³/mol. The lowest BCUT2D eigenvalue weighted by Gasteiger charge is -2.07. The van der Waals surface area contributed by atoms with Gasteiger partial charge in [0.25, 0.3) is 0 Å². The number of hydrogen-bond donors (Lipinski definition) is 1. The Morgan fingerprint density at radius 3 is 1.86 bits per heavy atom. The maximum Gasteiger partial charge on any atom is 0.0694 e. The first-order valence-electron chi connectivity index (χ1n) is 2.06. The van der Waals surface area contributed by atoms with Crippen molar-refractivity contribution in [2.45, 2.75) is 0 Å². The van der Waals surface area contributed by atoms with Gasteiger partial charge in [-0.15, -0.1) is 0 Å². The highest BCUT2D eigenvalue weighted by Gasteiger charge is 1.79. The molecule has 0 aliphatic rings. The van der Waals surface area contributed by atoms with Gasteiger partial charge in [-0.25, -0.2) is 0 Å². The van der Waals surface area contributed by atoms with Crippen molar-refractivity contribution in [1.29, 1.82) is 0 Å². The van der Waals surface area contributed by atoms with Crippen molar-refractivity contribution in [3.05, 3.63) is 25.6 Å². The second-order valence-electron chi connectivity index (χ2n) is 1.06. The number of nitrogens with two attached hydrogens (primary N) is 1. The molecule has 0 saturated carbocycles. The minimum atomic E-state index is 0.451. The molecule has 2 N–H and O–H groups in total. The van der Waals surface area contributed by atoms with Crippen LogP contribution in [0.2, 0.25) is 0 Å². The summed E-state index contributed by atoms with van der Waals surface area (Å²) in [5, 5.41) is 0. The van der Waals surface area contributed by atoms with Crippen LogP contribution in [0.5, 0.6) is 0 Å². The number of hydrogen-bond acceptors (Lipinski definition) is 2. The van der Waals surface area contributed by atoms with E-state index in [9.17, 15) is 0 Å². The predicted octanol–water partition coefficient (Wildman–Crippen LogP) is 0.492. The van der Waals surface area contributed by atoms with Crippen molar-refractivity contribution in [3.63, 3.8) is 0 Å². The Bertz CT molecular complexity index is 60.5. The lowest BCUT2D eigenvalue weighted by molar-refractivity contribution is 0.526. The maximum absolute atomic E-state index is 5.18. The molecule has 40 valence electrons. The third-order valence-electron chi connectivity index (χ3n) is 0.680. The molecule has 0 saturated heterocycles. The molecule has 0 heterocycles. The molecule has 0 spiro atoms. The summed E-state index contributed by atoms with van der Waals surface area (Å²) in [5.41, 5.74) is 5.18. The van der Waals surface area contributed by atoms with Crippen molar-refractivity contribution in [3.8, 4) is 0 Å². The van der Waals surface area contributed by atoms with Gasteiger partial charge in [-0.1, -0.05) is 13.2 Å². The monoisotopic (exact) mass is 98.1 g/mol. The van der Waals surface area contributed by atoms with Gasteiger partial charge in [-0.3, -0.25) is 0 Å². The largest absolute Gasteiger partial charge is 0.343 e. The van der Waals surface area contributed by atoms with Crippen molar-refractivity contribution in [2.24, 2.45) is 5.73 Å². The van der Waals surface area contributed by atoms with E-state index >= 15 is 0 Å². The molecule has 0 unspecified atom stereocenters. The van der Waals surface area contributed by atoms with Gasteiger partial charge < -0.3 is 10.6 Å². The highest BCUT2D eigenvalue weighted by atomic mass is 15.1. The molecular weight excluding hydrogens is 88.1 g/mol. The number of nitrogens with zero attached hydrogens (tertiary/aromatic N) is 1. The average Bonchev–Trinajstić information content (AvgIpc) is 1.72. The van der Waals surface area contributed by atoms with Crippen molar-refractivity contribution in [1.82, 2.24) is 4.90 Å². The molecule has 0 amide bonds. The Hall–Kier alpha value is -0.760. The van der Waals surface area contributed by atoms with E-state index in [-0.39, 0.29) is 0 Å². The molecule has 0 bridgehead atoms. The Morgan fingerprint density at radius 2 is 1.86 bits per heavy atom. The van der Waals surface area contributed by atoms with E-state index in [0.717, 1.165) is 0 Å². The lowest BCUT2D eigenvalue weighted by Crippen LogP contribution is -2.17. The first-order chi connectivity index (χ1) is 3.35. The van der Waals surface area contributed by atoms with Crippen molar-refractivity contribution < 1.29 is 0 Å². The molecule has 0 aliphatic carbocycles. The summed E-state index contributed by atoms with van der Waals surface area (Å²) in [6, 6.07) is 0. The van der Waals surface area contributed by atoms with Gasteiger partial charge in [-0.05, 0) is 12.4 Å². The van der Waals surface area contributed by atoms with Gasteiger partial charge in [-0.2, -0.15) is 0 Å². The SMILES string of the molecule is C=CN(C=C)CN. The Labute approximate surface area is 43.9 Å². The molecule has 0 aromatic heterocycles. The standard InChI is InChI=1S/C5H10N2/c1-3-7(4-2)5-6/h3-4H,1-2,5-6H2. The second-order valence-corrected chi connectivity index (χ2v) is 1.06. The normalized spacial score (nSPS) is 7.57. The van der Waals surface area contributed by atoms with Crippen LogP contribution >= 0.6 is 0 Å². The lowest BCUT2D eigenvalue weighted by atomic mass is 10.7. The fraction of sp³-hybridized carbons (Fsp3) is 0.200. The van der Waals surface area contributed by atoms with Crippen LogP contribution in [0.3, 0.4) is 0 Å². The van der Waals surface area contributed by atoms with Crippen molar-refractivity contribution in [2.75, 3.05) is 6.67 Å². The van der Waals surface area contributed by atoms with Crippen LogP contribution in [0, 0.1) is 0 Å². The van der Waals surface area contributed by atoms with E-state index in [1.54, 1.807) is 17.3 Å². The fourth-order valence-electron chi connectivity index (χ4n) is 0.224. The van der Waals surface area contributed by atoms with Gasteiger partial charge in [0.1, 0.15) is 0 Å². The molecule has 0 aromatic carbocycles. The summed E-state index contributed by atoms with van der Waals surface area (Å²) >= 11 is 0. The Kier molecular flexibility index (Phi) is 3.06. The van der Waals surface area contributed by atoms with Gasteiger partial charge in [0, 0.05) is 0 Å². The second kappa shape index (κ2) is 3.43. The van der Waals surface area contributed by atoms with E-state index in [1.807, 2.05) is 0 Å². The van der Waals surface area contributed by atoms with Crippen LogP contribution in [0.15, 0.2) is 25.6 Å². The Morgan fingerprint density at radius 1 is 1.43 bits per heavy atom. The third kappa shape index (κ3) is 2.00. The van der Waals surface area contributed by atoms with Gasteiger partial charge >= 0.3 is 0 Å².